The molecule has 7 rings (SSSR count). The summed E-state index contributed by atoms with van der Waals surface area (Å²) in [6.07, 6.45) is 10.8. The van der Waals surface area contributed by atoms with Crippen molar-refractivity contribution >= 4 is 27.8 Å². The normalized spacial score (nSPS) is 16.2. The van der Waals surface area contributed by atoms with Crippen molar-refractivity contribution in [3.8, 4) is 11.1 Å². The number of nitrogens with zero attached hydrogens (tertiary/aromatic N) is 1. The minimum atomic E-state index is 0.736. The molecule has 2 aliphatic rings. The van der Waals surface area contributed by atoms with Crippen molar-refractivity contribution in [2.24, 2.45) is 0 Å². The molecule has 0 radical (unpaired) electrons. The third-order valence-electron chi connectivity index (χ3n) is 9.16. The van der Waals surface area contributed by atoms with Gasteiger partial charge in [0.15, 0.2) is 0 Å². The van der Waals surface area contributed by atoms with Crippen molar-refractivity contribution < 1.29 is 0 Å². The first-order chi connectivity index (χ1) is 19.3. The maximum atomic E-state index is 2.42. The zero-order valence-corrected chi connectivity index (χ0v) is 22.7. The lowest BCUT2D eigenvalue weighted by atomic mass is 9.96. The Balaban J connectivity index is 1.23. The summed E-state index contributed by atoms with van der Waals surface area (Å²) < 4.78 is 0. The summed E-state index contributed by atoms with van der Waals surface area (Å²) >= 11 is 0. The van der Waals surface area contributed by atoms with Gasteiger partial charge in [-0.1, -0.05) is 98.5 Å². The van der Waals surface area contributed by atoms with Crippen LogP contribution in [0.2, 0.25) is 0 Å². The Kier molecular flexibility index (Phi) is 6.66. The van der Waals surface area contributed by atoms with Gasteiger partial charge in [-0.25, -0.2) is 0 Å². The molecule has 194 valence electrons. The lowest BCUT2D eigenvalue weighted by Gasteiger charge is -2.27. The Morgan fingerprint density at radius 1 is 0.410 bits per heavy atom. The average Bonchev–Trinajstić information content (AvgIpc) is 3.74. The molecule has 0 heterocycles. The fourth-order valence-corrected chi connectivity index (χ4v) is 6.93. The highest BCUT2D eigenvalue weighted by Crippen LogP contribution is 2.40. The highest BCUT2D eigenvalue weighted by molar-refractivity contribution is 5.87. The molecule has 2 fully saturated rings. The maximum Gasteiger partial charge on any atom is 0.0462 e. The van der Waals surface area contributed by atoms with Crippen LogP contribution in [0.25, 0.3) is 21.9 Å². The predicted molar refractivity (Wildman–Crippen MR) is 166 cm³/mol. The van der Waals surface area contributed by atoms with Gasteiger partial charge in [-0.15, -0.1) is 0 Å². The van der Waals surface area contributed by atoms with E-state index in [4.69, 9.17) is 0 Å². The molecule has 0 spiro atoms. The van der Waals surface area contributed by atoms with Crippen LogP contribution < -0.4 is 4.90 Å². The second kappa shape index (κ2) is 10.7. The Morgan fingerprint density at radius 3 is 1.36 bits per heavy atom. The van der Waals surface area contributed by atoms with Crippen molar-refractivity contribution in [2.75, 3.05) is 4.90 Å². The molecule has 0 amide bonds. The molecule has 39 heavy (non-hydrogen) atoms. The van der Waals surface area contributed by atoms with E-state index in [1.54, 1.807) is 0 Å². The van der Waals surface area contributed by atoms with Gasteiger partial charge in [0.1, 0.15) is 0 Å². The highest BCUT2D eigenvalue weighted by atomic mass is 15.1. The molecule has 0 bridgehead atoms. The summed E-state index contributed by atoms with van der Waals surface area (Å²) in [4.78, 5) is 2.42. The zero-order chi connectivity index (χ0) is 26.0. The second-order valence-corrected chi connectivity index (χ2v) is 11.6. The van der Waals surface area contributed by atoms with E-state index >= 15 is 0 Å². The van der Waals surface area contributed by atoms with Crippen LogP contribution in [0.1, 0.15) is 74.3 Å². The first-order valence-corrected chi connectivity index (χ1v) is 14.9. The molecule has 0 atom stereocenters. The average molecular weight is 508 g/mol. The number of rotatable bonds is 6. The molecule has 5 aromatic rings. The molecule has 1 heteroatoms. The quantitative estimate of drug-likeness (QED) is 0.221. The second-order valence-electron chi connectivity index (χ2n) is 11.6. The van der Waals surface area contributed by atoms with Gasteiger partial charge in [-0.05, 0) is 113 Å². The summed E-state index contributed by atoms with van der Waals surface area (Å²) in [6, 6.07) is 43.2. The lowest BCUT2D eigenvalue weighted by Crippen LogP contribution is -2.10. The molecule has 2 aliphatic carbocycles. The van der Waals surface area contributed by atoms with E-state index in [9.17, 15) is 0 Å². The molecule has 0 unspecified atom stereocenters. The van der Waals surface area contributed by atoms with Crippen LogP contribution in [0.4, 0.5) is 17.1 Å². The smallest absolute Gasteiger partial charge is 0.0462 e. The Hall–Kier alpha value is -3.84. The predicted octanol–water partition coefficient (Wildman–Crippen LogP) is 11.3. The molecule has 0 aliphatic heterocycles. The van der Waals surface area contributed by atoms with Crippen LogP contribution in [0.15, 0.2) is 115 Å². The Labute approximate surface area is 233 Å². The van der Waals surface area contributed by atoms with Gasteiger partial charge in [-0.2, -0.15) is 0 Å². The SMILES string of the molecule is c1ccc2cc(-c3ccc(N(c4ccc(C5CCCC5)cc4)c4ccc(C5CCCC5)cc4)cc3)ccc2c1. The summed E-state index contributed by atoms with van der Waals surface area (Å²) in [5, 5.41) is 2.57. The third kappa shape index (κ3) is 4.99. The summed E-state index contributed by atoms with van der Waals surface area (Å²) in [6.45, 7) is 0. The van der Waals surface area contributed by atoms with E-state index in [0.29, 0.717) is 0 Å². The minimum Gasteiger partial charge on any atom is -0.311 e. The van der Waals surface area contributed by atoms with Crippen molar-refractivity contribution in [3.63, 3.8) is 0 Å². The van der Waals surface area contributed by atoms with E-state index in [1.807, 2.05) is 0 Å². The summed E-state index contributed by atoms with van der Waals surface area (Å²) in [7, 11) is 0. The van der Waals surface area contributed by atoms with Gasteiger partial charge in [0.25, 0.3) is 0 Å². The molecule has 0 N–H and O–H groups in total. The fraction of sp³-hybridized carbons (Fsp3) is 0.263. The molecule has 5 aromatic carbocycles. The minimum absolute atomic E-state index is 0.736. The van der Waals surface area contributed by atoms with Gasteiger partial charge >= 0.3 is 0 Å². The highest BCUT2D eigenvalue weighted by Gasteiger charge is 2.20. The first-order valence-electron chi connectivity index (χ1n) is 14.9. The topological polar surface area (TPSA) is 3.24 Å². The summed E-state index contributed by atoms with van der Waals surface area (Å²) in [5.74, 6) is 1.47. The van der Waals surface area contributed by atoms with Crippen LogP contribution in [0.5, 0.6) is 0 Å². The molecule has 2 saturated carbocycles. The van der Waals surface area contributed by atoms with Gasteiger partial charge in [0.2, 0.25) is 0 Å². The van der Waals surface area contributed by atoms with Crippen LogP contribution >= 0.6 is 0 Å². The van der Waals surface area contributed by atoms with Crippen molar-refractivity contribution in [2.45, 2.75) is 63.2 Å². The number of hydrogen-bond donors (Lipinski definition) is 0. The van der Waals surface area contributed by atoms with Gasteiger partial charge in [-0.3, -0.25) is 0 Å². The zero-order valence-electron chi connectivity index (χ0n) is 22.7. The van der Waals surface area contributed by atoms with Crippen molar-refractivity contribution in [1.82, 2.24) is 0 Å². The number of fused-ring (bicyclic) bond motifs is 1. The van der Waals surface area contributed by atoms with E-state index < -0.39 is 0 Å². The van der Waals surface area contributed by atoms with E-state index in [2.05, 4.69) is 120 Å². The molecular weight excluding hydrogens is 470 g/mol. The Morgan fingerprint density at radius 2 is 0.846 bits per heavy atom. The van der Waals surface area contributed by atoms with Gasteiger partial charge in [0, 0.05) is 17.1 Å². The van der Waals surface area contributed by atoms with Crippen LogP contribution in [-0.2, 0) is 0 Å². The van der Waals surface area contributed by atoms with Gasteiger partial charge < -0.3 is 4.90 Å². The van der Waals surface area contributed by atoms with E-state index in [-0.39, 0.29) is 0 Å². The summed E-state index contributed by atoms with van der Waals surface area (Å²) in [5.41, 5.74) is 9.15. The standard InChI is InChI=1S/C38H37N/c1-2-8-28(7-1)31-15-21-36(22-16-31)39(37-23-17-32(18-24-37)29-9-3-4-10-29)38-25-19-33(20-26-38)35-14-13-30-11-5-6-12-34(30)27-35/h5-6,11-29H,1-4,7-10H2. The first kappa shape index (κ1) is 24.2. The maximum absolute atomic E-state index is 2.42. The number of hydrogen-bond acceptors (Lipinski definition) is 1. The Bertz CT molecular complexity index is 1470. The van der Waals surface area contributed by atoms with E-state index in [1.165, 1.54) is 101 Å². The van der Waals surface area contributed by atoms with Crippen LogP contribution in [0.3, 0.4) is 0 Å². The fourth-order valence-electron chi connectivity index (χ4n) is 6.93. The number of benzene rings is 5. The van der Waals surface area contributed by atoms with Gasteiger partial charge in [0.05, 0.1) is 0 Å². The van der Waals surface area contributed by atoms with Crippen LogP contribution in [-0.4, -0.2) is 0 Å². The molecule has 1 nitrogen and oxygen atoms in total. The van der Waals surface area contributed by atoms with Crippen molar-refractivity contribution in [3.05, 3.63) is 126 Å². The third-order valence-corrected chi connectivity index (χ3v) is 9.16. The number of anilines is 3. The van der Waals surface area contributed by atoms with Crippen molar-refractivity contribution in [1.29, 1.82) is 0 Å². The molecule has 0 aromatic heterocycles. The van der Waals surface area contributed by atoms with Crippen LogP contribution in [0, 0.1) is 0 Å². The largest absolute Gasteiger partial charge is 0.311 e. The molecule has 0 saturated heterocycles. The lowest BCUT2D eigenvalue weighted by molar-refractivity contribution is 0.723. The van der Waals surface area contributed by atoms with E-state index in [0.717, 1.165) is 11.8 Å². The molecular formula is C38H37N. The monoisotopic (exact) mass is 507 g/mol.